The van der Waals surface area contributed by atoms with Crippen molar-refractivity contribution in [3.8, 4) is 5.75 Å². The molecule has 4 rings (SSSR count). The molecule has 27 heavy (non-hydrogen) atoms. The minimum atomic E-state index is -0.431. The number of carbonyl (C=O) groups excluding carboxylic acids is 1. The maximum atomic E-state index is 12.5. The molecule has 0 aliphatic rings. The van der Waals surface area contributed by atoms with Crippen molar-refractivity contribution in [1.82, 2.24) is 10.9 Å². The van der Waals surface area contributed by atoms with Gasteiger partial charge in [-0.25, -0.2) is 0 Å². The molecule has 0 atom stereocenters. The van der Waals surface area contributed by atoms with Crippen LogP contribution < -0.4 is 10.9 Å². The summed E-state index contributed by atoms with van der Waals surface area (Å²) in [6, 6.07) is 24.7. The van der Waals surface area contributed by atoms with Gasteiger partial charge in [0.1, 0.15) is 5.75 Å². The van der Waals surface area contributed by atoms with E-state index in [4.69, 9.17) is 0 Å². The molecule has 0 spiro atoms. The summed E-state index contributed by atoms with van der Waals surface area (Å²) in [5.41, 5.74) is 7.15. The number of phenols is 1. The highest BCUT2D eigenvalue weighted by Gasteiger charge is 2.13. The van der Waals surface area contributed by atoms with Crippen LogP contribution in [0, 0.1) is 0 Å². The van der Waals surface area contributed by atoms with Gasteiger partial charge in [-0.3, -0.25) is 15.6 Å². The zero-order chi connectivity index (χ0) is 18.8. The highest BCUT2D eigenvalue weighted by atomic mass is 16.3. The van der Waals surface area contributed by atoms with Crippen molar-refractivity contribution in [2.45, 2.75) is 0 Å². The summed E-state index contributed by atoms with van der Waals surface area (Å²) >= 11 is 0. The first kappa shape index (κ1) is 16.7. The second kappa shape index (κ2) is 6.84. The molecule has 4 aromatic carbocycles. The molecule has 0 saturated heterocycles. The first-order valence-electron chi connectivity index (χ1n) is 8.58. The molecule has 0 aliphatic heterocycles. The van der Waals surface area contributed by atoms with Gasteiger partial charge in [0.25, 0.3) is 5.91 Å². The lowest BCUT2D eigenvalue weighted by molar-refractivity contribution is 0.0940. The van der Waals surface area contributed by atoms with E-state index in [1.165, 1.54) is 0 Å². The molecule has 4 heteroatoms. The minimum Gasteiger partial charge on any atom is -0.507 e. The average Bonchev–Trinajstić information content (AvgIpc) is 2.70. The van der Waals surface area contributed by atoms with Crippen molar-refractivity contribution >= 4 is 33.1 Å². The van der Waals surface area contributed by atoms with Crippen LogP contribution in [0.4, 0.5) is 0 Å². The Labute approximate surface area is 156 Å². The van der Waals surface area contributed by atoms with Gasteiger partial charge in [0.15, 0.2) is 0 Å². The first-order valence-corrected chi connectivity index (χ1v) is 8.58. The summed E-state index contributed by atoms with van der Waals surface area (Å²) in [6.07, 6.45) is 0. The number of fused-ring (bicyclic) bond motifs is 2. The van der Waals surface area contributed by atoms with Crippen molar-refractivity contribution < 1.29 is 9.90 Å². The maximum Gasteiger partial charge on any atom is 0.273 e. The van der Waals surface area contributed by atoms with Crippen LogP contribution in [0.1, 0.15) is 15.9 Å². The van der Waals surface area contributed by atoms with Crippen LogP contribution >= 0.6 is 0 Å². The molecule has 4 aromatic rings. The summed E-state index contributed by atoms with van der Waals surface area (Å²) < 4.78 is 0. The highest BCUT2D eigenvalue weighted by molar-refractivity contribution is 6.02. The van der Waals surface area contributed by atoms with Gasteiger partial charge in [0.05, 0.1) is 11.3 Å². The van der Waals surface area contributed by atoms with Crippen molar-refractivity contribution in [3.63, 3.8) is 0 Å². The van der Waals surface area contributed by atoms with Crippen LogP contribution in [0.25, 0.3) is 27.2 Å². The Balaban J connectivity index is 1.55. The summed E-state index contributed by atoms with van der Waals surface area (Å²) in [5, 5.41) is 14.1. The van der Waals surface area contributed by atoms with E-state index in [1.807, 2.05) is 66.7 Å². The van der Waals surface area contributed by atoms with Gasteiger partial charge in [-0.1, -0.05) is 73.3 Å². The predicted octanol–water partition coefficient (Wildman–Crippen LogP) is 4.60. The Morgan fingerprint density at radius 1 is 0.741 bits per heavy atom. The largest absolute Gasteiger partial charge is 0.507 e. The van der Waals surface area contributed by atoms with E-state index in [-0.39, 0.29) is 11.3 Å². The van der Waals surface area contributed by atoms with Gasteiger partial charge in [-0.15, -0.1) is 0 Å². The van der Waals surface area contributed by atoms with E-state index in [0.29, 0.717) is 5.70 Å². The van der Waals surface area contributed by atoms with E-state index in [0.717, 1.165) is 27.1 Å². The smallest absolute Gasteiger partial charge is 0.273 e. The summed E-state index contributed by atoms with van der Waals surface area (Å²) in [5.74, 6) is -0.497. The lowest BCUT2D eigenvalue weighted by Gasteiger charge is -2.14. The van der Waals surface area contributed by atoms with Crippen molar-refractivity contribution in [3.05, 3.63) is 96.6 Å². The van der Waals surface area contributed by atoms with Crippen molar-refractivity contribution in [1.29, 1.82) is 0 Å². The molecule has 0 aliphatic carbocycles. The fraction of sp³-hybridized carbons (Fsp3) is 0. The molecular formula is C23H18N2O2. The lowest BCUT2D eigenvalue weighted by atomic mass is 10.0. The summed E-state index contributed by atoms with van der Waals surface area (Å²) in [4.78, 5) is 12.5. The molecule has 0 bridgehead atoms. The Kier molecular flexibility index (Phi) is 4.22. The van der Waals surface area contributed by atoms with Gasteiger partial charge < -0.3 is 5.11 Å². The topological polar surface area (TPSA) is 61.4 Å². The molecule has 3 N–H and O–H groups in total. The lowest BCUT2D eigenvalue weighted by Crippen LogP contribution is -2.35. The van der Waals surface area contributed by atoms with Crippen LogP contribution in [0.2, 0.25) is 0 Å². The van der Waals surface area contributed by atoms with Gasteiger partial charge in [0.2, 0.25) is 0 Å². The standard InChI is InChI=1S/C23H18N2O2/c1-15(19-12-6-10-16-7-4-5-11-20(16)19)24-25-23(27)21-13-17-8-2-3-9-18(17)14-22(21)26/h2-14,24,26H,1H2,(H,25,27). The van der Waals surface area contributed by atoms with E-state index in [9.17, 15) is 9.90 Å². The van der Waals surface area contributed by atoms with E-state index in [2.05, 4.69) is 17.4 Å². The number of hydrogen-bond donors (Lipinski definition) is 3. The Morgan fingerprint density at radius 3 is 2.15 bits per heavy atom. The number of hydrazine groups is 1. The number of carbonyl (C=O) groups is 1. The monoisotopic (exact) mass is 354 g/mol. The summed E-state index contributed by atoms with van der Waals surface area (Å²) in [7, 11) is 0. The normalized spacial score (nSPS) is 10.7. The molecule has 4 nitrogen and oxygen atoms in total. The predicted molar refractivity (Wildman–Crippen MR) is 109 cm³/mol. The molecule has 0 aromatic heterocycles. The number of hydrogen-bond acceptors (Lipinski definition) is 3. The number of benzene rings is 4. The Morgan fingerprint density at radius 2 is 1.37 bits per heavy atom. The van der Waals surface area contributed by atoms with Crippen molar-refractivity contribution in [2.75, 3.05) is 0 Å². The molecule has 0 saturated carbocycles. The number of rotatable bonds is 4. The van der Waals surface area contributed by atoms with Crippen molar-refractivity contribution in [2.24, 2.45) is 0 Å². The van der Waals surface area contributed by atoms with Gasteiger partial charge in [-0.05, 0) is 33.7 Å². The number of amides is 1. The first-order chi connectivity index (χ1) is 13.1. The van der Waals surface area contributed by atoms with Gasteiger partial charge in [0, 0.05) is 5.56 Å². The van der Waals surface area contributed by atoms with Gasteiger partial charge >= 0.3 is 0 Å². The third kappa shape index (κ3) is 3.20. The van der Waals surface area contributed by atoms with E-state index >= 15 is 0 Å². The molecule has 0 radical (unpaired) electrons. The van der Waals surface area contributed by atoms with Crippen LogP contribution in [0.15, 0.2) is 85.4 Å². The molecular weight excluding hydrogens is 336 g/mol. The quantitative estimate of drug-likeness (QED) is 0.469. The van der Waals surface area contributed by atoms with Crippen LogP contribution in [0.5, 0.6) is 5.75 Å². The van der Waals surface area contributed by atoms with Crippen LogP contribution in [-0.4, -0.2) is 11.0 Å². The number of aromatic hydroxyl groups is 1. The number of nitrogens with one attached hydrogen (secondary N) is 2. The fourth-order valence-corrected chi connectivity index (χ4v) is 3.17. The summed E-state index contributed by atoms with van der Waals surface area (Å²) in [6.45, 7) is 4.02. The van der Waals surface area contributed by atoms with E-state index < -0.39 is 5.91 Å². The third-order valence-electron chi connectivity index (χ3n) is 4.55. The second-order valence-corrected chi connectivity index (χ2v) is 6.30. The van der Waals surface area contributed by atoms with E-state index in [1.54, 1.807) is 12.1 Å². The van der Waals surface area contributed by atoms with Crippen LogP contribution in [-0.2, 0) is 0 Å². The number of phenolic OH excluding ortho intramolecular Hbond substituents is 1. The molecule has 132 valence electrons. The Bertz CT molecular complexity index is 1180. The fourth-order valence-electron chi connectivity index (χ4n) is 3.17. The highest BCUT2D eigenvalue weighted by Crippen LogP contribution is 2.25. The zero-order valence-electron chi connectivity index (χ0n) is 14.6. The second-order valence-electron chi connectivity index (χ2n) is 6.30. The molecule has 0 fully saturated rings. The minimum absolute atomic E-state index is 0.0660. The molecule has 0 heterocycles. The molecule has 0 unspecified atom stereocenters. The average molecular weight is 354 g/mol. The Hall–Kier alpha value is -3.79. The maximum absolute atomic E-state index is 12.5. The van der Waals surface area contributed by atoms with Gasteiger partial charge in [-0.2, -0.15) is 0 Å². The van der Waals surface area contributed by atoms with Crippen LogP contribution in [0.3, 0.4) is 0 Å². The SMILES string of the molecule is C=C(NNC(=O)c1cc2ccccc2cc1O)c1cccc2ccccc12. The zero-order valence-corrected chi connectivity index (χ0v) is 14.6. The molecule has 1 amide bonds. The third-order valence-corrected chi connectivity index (χ3v) is 4.55.